The molecular formula is C24H33NO6. The van der Waals surface area contributed by atoms with Crippen LogP contribution in [0.1, 0.15) is 73.2 Å². The van der Waals surface area contributed by atoms with Crippen molar-refractivity contribution >= 4 is 11.9 Å². The molecule has 0 unspecified atom stereocenters. The Hall–Kier alpha value is -2.38. The third-order valence-corrected chi connectivity index (χ3v) is 5.84. The van der Waals surface area contributed by atoms with Crippen LogP contribution in [0.4, 0.5) is 0 Å². The second-order valence-corrected chi connectivity index (χ2v) is 8.14. The summed E-state index contributed by atoms with van der Waals surface area (Å²) in [5.41, 5.74) is 1.46. The van der Waals surface area contributed by atoms with E-state index in [4.69, 9.17) is 19.3 Å². The molecule has 1 aromatic rings. The molecule has 0 radical (unpaired) electrons. The molecule has 1 aliphatic heterocycles. The highest BCUT2D eigenvalue weighted by atomic mass is 16.7. The van der Waals surface area contributed by atoms with Gasteiger partial charge < -0.3 is 24.6 Å². The summed E-state index contributed by atoms with van der Waals surface area (Å²) in [6, 6.07) is 7.39. The normalized spacial score (nSPS) is 21.7. The van der Waals surface area contributed by atoms with Crippen LogP contribution in [-0.2, 0) is 19.0 Å². The van der Waals surface area contributed by atoms with Crippen molar-refractivity contribution < 1.29 is 28.9 Å². The minimum absolute atomic E-state index is 0.0737. The Morgan fingerprint density at radius 3 is 2.55 bits per heavy atom. The number of benzene rings is 1. The predicted octanol–water partition coefficient (Wildman–Crippen LogP) is 3.43. The SMILES string of the molecule is COC(=O)c1ccc([C@H]2C=C(C(=O)NC3CCCCC3)O[C@@H](OCCCCO)C2)cc1. The molecule has 0 saturated heterocycles. The summed E-state index contributed by atoms with van der Waals surface area (Å²) in [6.07, 6.45) is 8.75. The summed E-state index contributed by atoms with van der Waals surface area (Å²) in [4.78, 5) is 24.6. The lowest BCUT2D eigenvalue weighted by molar-refractivity contribution is -0.147. The Bertz CT molecular complexity index is 754. The number of hydrogen-bond donors (Lipinski definition) is 2. The molecule has 0 aromatic heterocycles. The third kappa shape index (κ3) is 6.80. The molecule has 2 aliphatic rings. The van der Waals surface area contributed by atoms with Crippen molar-refractivity contribution in [3.63, 3.8) is 0 Å². The number of esters is 1. The Morgan fingerprint density at radius 1 is 1.13 bits per heavy atom. The zero-order chi connectivity index (χ0) is 22.1. The molecule has 1 heterocycles. The molecular weight excluding hydrogens is 398 g/mol. The molecule has 170 valence electrons. The van der Waals surface area contributed by atoms with Crippen LogP contribution >= 0.6 is 0 Å². The third-order valence-electron chi connectivity index (χ3n) is 5.84. The fourth-order valence-corrected chi connectivity index (χ4v) is 4.07. The van der Waals surface area contributed by atoms with E-state index in [-0.39, 0.29) is 36.2 Å². The van der Waals surface area contributed by atoms with Crippen LogP contribution in [0.25, 0.3) is 0 Å². The number of aliphatic hydroxyl groups excluding tert-OH is 1. The van der Waals surface area contributed by atoms with Crippen LogP contribution in [-0.4, -0.2) is 49.6 Å². The average molecular weight is 432 g/mol. The van der Waals surface area contributed by atoms with Crippen molar-refractivity contribution in [1.29, 1.82) is 0 Å². The van der Waals surface area contributed by atoms with Gasteiger partial charge in [0.25, 0.3) is 5.91 Å². The average Bonchev–Trinajstić information content (AvgIpc) is 2.82. The molecule has 1 aromatic carbocycles. The van der Waals surface area contributed by atoms with Crippen molar-refractivity contribution in [1.82, 2.24) is 5.32 Å². The standard InChI is InChI=1S/C24H33NO6/c1-29-24(28)18-11-9-17(10-12-18)19-15-21(23(27)25-20-7-3-2-4-8-20)31-22(16-19)30-14-6-5-13-26/h9-12,15,19-20,22,26H,2-8,13-14,16H2,1H3,(H,25,27)/t19-,22+/m0/s1. The van der Waals surface area contributed by atoms with Gasteiger partial charge in [0.15, 0.2) is 5.76 Å². The zero-order valence-electron chi connectivity index (χ0n) is 18.2. The molecule has 7 heteroatoms. The number of aliphatic hydroxyl groups is 1. The Labute approximate surface area is 183 Å². The number of allylic oxidation sites excluding steroid dienone is 1. The number of methoxy groups -OCH3 is 1. The smallest absolute Gasteiger partial charge is 0.337 e. The molecule has 3 rings (SSSR count). The van der Waals surface area contributed by atoms with Crippen molar-refractivity contribution in [3.05, 3.63) is 47.2 Å². The van der Waals surface area contributed by atoms with Crippen molar-refractivity contribution in [2.24, 2.45) is 0 Å². The van der Waals surface area contributed by atoms with Crippen LogP contribution in [0, 0.1) is 0 Å². The summed E-state index contributed by atoms with van der Waals surface area (Å²) >= 11 is 0. The summed E-state index contributed by atoms with van der Waals surface area (Å²) in [6.45, 7) is 0.579. The van der Waals surface area contributed by atoms with E-state index in [9.17, 15) is 9.59 Å². The molecule has 7 nitrogen and oxygen atoms in total. The number of unbranched alkanes of at least 4 members (excludes halogenated alkanes) is 1. The lowest BCUT2D eigenvalue weighted by Gasteiger charge is -2.30. The topological polar surface area (TPSA) is 94.1 Å². The molecule has 1 aliphatic carbocycles. The van der Waals surface area contributed by atoms with Gasteiger partial charge in [0.2, 0.25) is 6.29 Å². The van der Waals surface area contributed by atoms with E-state index in [1.54, 1.807) is 12.1 Å². The van der Waals surface area contributed by atoms with E-state index in [0.29, 0.717) is 25.0 Å². The molecule has 1 fully saturated rings. The van der Waals surface area contributed by atoms with Crippen molar-refractivity contribution in [2.45, 2.75) is 69.6 Å². The van der Waals surface area contributed by atoms with Crippen molar-refractivity contribution in [2.75, 3.05) is 20.3 Å². The number of carbonyl (C=O) groups excluding carboxylic acids is 2. The quantitative estimate of drug-likeness (QED) is 0.460. The maximum atomic E-state index is 12.9. The summed E-state index contributed by atoms with van der Waals surface area (Å²) in [7, 11) is 1.35. The number of amides is 1. The second kappa shape index (κ2) is 11.9. The number of carbonyl (C=O) groups is 2. The molecule has 0 bridgehead atoms. The Kier molecular flexibility index (Phi) is 8.91. The van der Waals surface area contributed by atoms with E-state index >= 15 is 0 Å². The Balaban J connectivity index is 1.72. The lowest BCUT2D eigenvalue weighted by atomic mass is 9.92. The first-order valence-electron chi connectivity index (χ1n) is 11.2. The maximum Gasteiger partial charge on any atom is 0.337 e. The van der Waals surface area contributed by atoms with Crippen LogP contribution in [0.3, 0.4) is 0 Å². The van der Waals surface area contributed by atoms with Gasteiger partial charge in [-0.15, -0.1) is 0 Å². The lowest BCUT2D eigenvalue weighted by Crippen LogP contribution is -2.39. The fraction of sp³-hybridized carbons (Fsp3) is 0.583. The van der Waals surface area contributed by atoms with Crippen LogP contribution in [0.5, 0.6) is 0 Å². The molecule has 2 atom stereocenters. The van der Waals surface area contributed by atoms with Crippen molar-refractivity contribution in [3.8, 4) is 0 Å². The van der Waals surface area contributed by atoms with E-state index in [0.717, 1.165) is 37.7 Å². The van der Waals surface area contributed by atoms with Gasteiger partial charge in [0.1, 0.15) is 0 Å². The summed E-state index contributed by atoms with van der Waals surface area (Å²) < 4.78 is 16.5. The first-order chi connectivity index (χ1) is 15.1. The first kappa shape index (κ1) is 23.3. The maximum absolute atomic E-state index is 12.9. The molecule has 31 heavy (non-hydrogen) atoms. The van der Waals surface area contributed by atoms with Gasteiger partial charge in [-0.2, -0.15) is 0 Å². The number of ether oxygens (including phenoxy) is 3. The van der Waals surface area contributed by atoms with E-state index in [1.807, 2.05) is 18.2 Å². The highest BCUT2D eigenvalue weighted by Crippen LogP contribution is 2.32. The van der Waals surface area contributed by atoms with Crippen LogP contribution in [0.2, 0.25) is 0 Å². The number of hydrogen-bond acceptors (Lipinski definition) is 6. The number of nitrogens with one attached hydrogen (secondary N) is 1. The predicted molar refractivity (Wildman–Crippen MR) is 115 cm³/mol. The summed E-state index contributed by atoms with van der Waals surface area (Å²) in [5, 5.41) is 12.1. The van der Waals surface area contributed by atoms with Gasteiger partial charge in [-0.1, -0.05) is 31.4 Å². The highest BCUT2D eigenvalue weighted by molar-refractivity contribution is 5.92. The van der Waals surface area contributed by atoms with E-state index in [2.05, 4.69) is 5.32 Å². The minimum Gasteiger partial charge on any atom is -0.465 e. The van der Waals surface area contributed by atoms with E-state index < -0.39 is 6.29 Å². The van der Waals surface area contributed by atoms with Crippen LogP contribution < -0.4 is 5.32 Å². The first-order valence-corrected chi connectivity index (χ1v) is 11.2. The molecule has 0 spiro atoms. The van der Waals surface area contributed by atoms with E-state index in [1.165, 1.54) is 13.5 Å². The number of rotatable bonds is 9. The Morgan fingerprint density at radius 2 is 1.87 bits per heavy atom. The zero-order valence-corrected chi connectivity index (χ0v) is 18.2. The fourth-order valence-electron chi connectivity index (χ4n) is 4.07. The molecule has 2 N–H and O–H groups in total. The van der Waals surface area contributed by atoms with Crippen LogP contribution in [0.15, 0.2) is 36.1 Å². The molecule has 1 saturated carbocycles. The minimum atomic E-state index is -0.541. The molecule has 1 amide bonds. The van der Waals surface area contributed by atoms with Gasteiger partial charge in [-0.3, -0.25) is 4.79 Å². The van der Waals surface area contributed by atoms with Gasteiger partial charge in [-0.25, -0.2) is 4.79 Å². The highest BCUT2D eigenvalue weighted by Gasteiger charge is 2.30. The largest absolute Gasteiger partial charge is 0.465 e. The van der Waals surface area contributed by atoms with Gasteiger partial charge >= 0.3 is 5.97 Å². The monoisotopic (exact) mass is 431 g/mol. The van der Waals surface area contributed by atoms with Gasteiger partial charge in [-0.05, 0) is 49.5 Å². The van der Waals surface area contributed by atoms with Gasteiger partial charge in [0.05, 0.1) is 19.3 Å². The second-order valence-electron chi connectivity index (χ2n) is 8.14. The van der Waals surface area contributed by atoms with Gasteiger partial charge in [0, 0.05) is 25.0 Å². The summed E-state index contributed by atoms with van der Waals surface area (Å²) in [5.74, 6) is -0.375.